The topological polar surface area (TPSA) is 69.3 Å². The highest BCUT2D eigenvalue weighted by Gasteiger charge is 2.37. The fourth-order valence-corrected chi connectivity index (χ4v) is 3.65. The van der Waals surface area contributed by atoms with Gasteiger partial charge >= 0.3 is 0 Å². The van der Waals surface area contributed by atoms with Crippen molar-refractivity contribution in [1.29, 1.82) is 0 Å². The fraction of sp³-hybridized carbons (Fsp3) is 0.350. The van der Waals surface area contributed by atoms with Crippen LogP contribution in [0.25, 0.3) is 0 Å². The number of nitrogens with one attached hydrogen (secondary N) is 1. The van der Waals surface area contributed by atoms with Gasteiger partial charge in [-0.1, -0.05) is 0 Å². The summed E-state index contributed by atoms with van der Waals surface area (Å²) in [7, 11) is 5.13. The molecule has 27 heavy (non-hydrogen) atoms. The molecular formula is C20H22N2O5. The van der Waals surface area contributed by atoms with Crippen LogP contribution >= 0.6 is 0 Å². The summed E-state index contributed by atoms with van der Waals surface area (Å²) in [5.74, 6) is 2.42. The van der Waals surface area contributed by atoms with Crippen LogP contribution in [0.5, 0.6) is 23.0 Å². The van der Waals surface area contributed by atoms with Gasteiger partial charge in [0.15, 0.2) is 11.5 Å². The molecule has 142 valence electrons. The van der Waals surface area contributed by atoms with E-state index in [1.165, 1.54) is 0 Å². The molecule has 7 nitrogen and oxygen atoms in total. The maximum Gasteiger partial charge on any atom is 0.246 e. The van der Waals surface area contributed by atoms with E-state index in [1.807, 2.05) is 42.3 Å². The summed E-state index contributed by atoms with van der Waals surface area (Å²) in [5.41, 5.74) is 2.59. The van der Waals surface area contributed by atoms with Crippen molar-refractivity contribution in [3.05, 3.63) is 41.5 Å². The molecule has 4 rings (SSSR count). The number of amides is 1. The lowest BCUT2D eigenvalue weighted by Gasteiger charge is -2.34. The molecule has 0 unspecified atom stereocenters. The fourth-order valence-electron chi connectivity index (χ4n) is 3.65. The third-order valence-corrected chi connectivity index (χ3v) is 5.00. The van der Waals surface area contributed by atoms with Gasteiger partial charge in [-0.3, -0.25) is 9.69 Å². The summed E-state index contributed by atoms with van der Waals surface area (Å²) < 4.78 is 21.9. The predicted octanol–water partition coefficient (Wildman–Crippen LogP) is 2.60. The molecule has 0 radical (unpaired) electrons. The smallest absolute Gasteiger partial charge is 0.246 e. The van der Waals surface area contributed by atoms with Crippen molar-refractivity contribution in [3.63, 3.8) is 0 Å². The summed E-state index contributed by atoms with van der Waals surface area (Å²) in [4.78, 5) is 15.2. The summed E-state index contributed by atoms with van der Waals surface area (Å²) in [6.07, 6.45) is 0.811. The van der Waals surface area contributed by atoms with E-state index < -0.39 is 6.04 Å². The van der Waals surface area contributed by atoms with E-state index in [1.54, 1.807) is 14.2 Å². The van der Waals surface area contributed by atoms with Crippen molar-refractivity contribution < 1.29 is 23.7 Å². The zero-order chi connectivity index (χ0) is 19.0. The third kappa shape index (κ3) is 3.04. The Kier molecular flexibility index (Phi) is 4.53. The Morgan fingerprint density at radius 2 is 1.96 bits per heavy atom. The number of methoxy groups -OCH3 is 2. The number of hydrogen-bond acceptors (Lipinski definition) is 6. The molecule has 0 saturated heterocycles. The van der Waals surface area contributed by atoms with Gasteiger partial charge in [0.05, 0.1) is 14.2 Å². The molecule has 1 atom stereocenters. The van der Waals surface area contributed by atoms with E-state index in [2.05, 4.69) is 5.32 Å². The Bertz CT molecular complexity index is 866. The predicted molar refractivity (Wildman–Crippen MR) is 99.8 cm³/mol. The van der Waals surface area contributed by atoms with Crippen LogP contribution in [0.2, 0.25) is 0 Å². The van der Waals surface area contributed by atoms with Gasteiger partial charge in [0.1, 0.15) is 11.8 Å². The number of fused-ring (bicyclic) bond motifs is 2. The Morgan fingerprint density at radius 1 is 1.19 bits per heavy atom. The minimum atomic E-state index is -0.486. The zero-order valence-electron chi connectivity index (χ0n) is 15.6. The molecule has 1 amide bonds. The van der Waals surface area contributed by atoms with Gasteiger partial charge in [-0.15, -0.1) is 0 Å². The first kappa shape index (κ1) is 17.5. The molecule has 2 heterocycles. The van der Waals surface area contributed by atoms with E-state index in [0.717, 1.165) is 29.8 Å². The molecule has 1 N–H and O–H groups in total. The van der Waals surface area contributed by atoms with Crippen molar-refractivity contribution >= 4 is 11.6 Å². The van der Waals surface area contributed by atoms with Gasteiger partial charge in [-0.05, 0) is 49.4 Å². The Balaban J connectivity index is 1.69. The maximum atomic E-state index is 13.2. The molecule has 0 fully saturated rings. The van der Waals surface area contributed by atoms with Gasteiger partial charge in [0, 0.05) is 17.8 Å². The number of carbonyl (C=O) groups excluding carboxylic acids is 1. The van der Waals surface area contributed by atoms with E-state index in [9.17, 15) is 4.79 Å². The van der Waals surface area contributed by atoms with Crippen molar-refractivity contribution in [2.24, 2.45) is 0 Å². The van der Waals surface area contributed by atoms with Crippen LogP contribution in [-0.4, -0.2) is 45.4 Å². The first-order valence-corrected chi connectivity index (χ1v) is 8.77. The maximum absolute atomic E-state index is 13.2. The highest BCUT2D eigenvalue weighted by molar-refractivity contribution is 5.96. The molecule has 0 bridgehead atoms. The molecule has 0 saturated carbocycles. The van der Waals surface area contributed by atoms with Crippen LogP contribution in [0.4, 0.5) is 5.69 Å². The van der Waals surface area contributed by atoms with Crippen molar-refractivity contribution in [1.82, 2.24) is 4.90 Å². The minimum absolute atomic E-state index is 0.124. The number of carbonyl (C=O) groups is 1. The summed E-state index contributed by atoms with van der Waals surface area (Å²) in [6.45, 7) is 0.920. The quantitative estimate of drug-likeness (QED) is 0.892. The average Bonchev–Trinajstić information content (AvgIpc) is 3.15. The molecule has 0 spiro atoms. The normalized spacial score (nSPS) is 18.0. The van der Waals surface area contributed by atoms with Crippen LogP contribution in [0.15, 0.2) is 30.3 Å². The number of likely N-dealkylation sites (N-methyl/N-ethyl adjacent to an activating group) is 1. The molecule has 0 aliphatic carbocycles. The molecule has 2 aromatic carbocycles. The first-order valence-electron chi connectivity index (χ1n) is 8.77. The SMILES string of the molecule is COc1ccc(NC(=O)[C@@H]2c3c(cc4c(c3OC)OCO4)CCN2C)cc1. The van der Waals surface area contributed by atoms with Crippen LogP contribution in [0.1, 0.15) is 17.2 Å². The standard InChI is InChI=1S/C20H22N2O5/c1-22-9-8-12-10-15-18(27-11-26-15)19(25-3)16(12)17(22)20(23)21-13-4-6-14(24-2)7-5-13/h4-7,10,17H,8-9,11H2,1-3H3,(H,21,23)/t17-/m0/s1. The van der Waals surface area contributed by atoms with Crippen molar-refractivity contribution in [3.8, 4) is 23.0 Å². The van der Waals surface area contributed by atoms with E-state index >= 15 is 0 Å². The second-order valence-electron chi connectivity index (χ2n) is 6.57. The third-order valence-electron chi connectivity index (χ3n) is 5.00. The highest BCUT2D eigenvalue weighted by Crippen LogP contribution is 2.49. The molecule has 7 heteroatoms. The summed E-state index contributed by atoms with van der Waals surface area (Å²) in [5, 5.41) is 2.99. The zero-order valence-corrected chi connectivity index (χ0v) is 15.6. The number of benzene rings is 2. The number of hydrogen-bond donors (Lipinski definition) is 1. The minimum Gasteiger partial charge on any atom is -0.497 e. The highest BCUT2D eigenvalue weighted by atomic mass is 16.7. The summed E-state index contributed by atoms with van der Waals surface area (Å²) in [6, 6.07) is 8.73. The Labute approximate surface area is 157 Å². The molecule has 0 aromatic heterocycles. The lowest BCUT2D eigenvalue weighted by Crippen LogP contribution is -2.39. The van der Waals surface area contributed by atoms with Crippen molar-refractivity contribution in [2.45, 2.75) is 12.5 Å². The summed E-state index contributed by atoms with van der Waals surface area (Å²) >= 11 is 0. The van der Waals surface area contributed by atoms with E-state index in [0.29, 0.717) is 22.9 Å². The number of rotatable bonds is 4. The second-order valence-corrected chi connectivity index (χ2v) is 6.57. The molecular weight excluding hydrogens is 348 g/mol. The van der Waals surface area contributed by atoms with E-state index in [4.69, 9.17) is 18.9 Å². The van der Waals surface area contributed by atoms with Gasteiger partial charge in [-0.2, -0.15) is 0 Å². The molecule has 2 aliphatic heterocycles. The van der Waals surface area contributed by atoms with Gasteiger partial charge in [-0.25, -0.2) is 0 Å². The lowest BCUT2D eigenvalue weighted by atomic mass is 9.90. The van der Waals surface area contributed by atoms with Crippen LogP contribution in [-0.2, 0) is 11.2 Å². The monoisotopic (exact) mass is 370 g/mol. The van der Waals surface area contributed by atoms with E-state index in [-0.39, 0.29) is 12.7 Å². The van der Waals surface area contributed by atoms with Crippen molar-refractivity contribution in [2.75, 3.05) is 39.9 Å². The number of anilines is 1. The largest absolute Gasteiger partial charge is 0.497 e. The first-order chi connectivity index (χ1) is 13.1. The number of ether oxygens (including phenoxy) is 4. The lowest BCUT2D eigenvalue weighted by molar-refractivity contribution is -0.121. The average molecular weight is 370 g/mol. The van der Waals surface area contributed by atoms with Gasteiger partial charge < -0.3 is 24.3 Å². The van der Waals surface area contributed by atoms with Crippen LogP contribution < -0.4 is 24.3 Å². The Hall–Kier alpha value is -2.93. The van der Waals surface area contributed by atoms with Gasteiger partial charge in [0.2, 0.25) is 18.4 Å². The molecule has 2 aliphatic rings. The number of nitrogens with zero attached hydrogens (tertiary/aromatic N) is 1. The van der Waals surface area contributed by atoms with Crippen LogP contribution in [0.3, 0.4) is 0 Å². The van der Waals surface area contributed by atoms with Gasteiger partial charge in [0.25, 0.3) is 0 Å². The Morgan fingerprint density at radius 3 is 2.67 bits per heavy atom. The van der Waals surface area contributed by atoms with Crippen LogP contribution in [0, 0.1) is 0 Å². The second kappa shape index (κ2) is 7.00. The molecule has 2 aromatic rings.